The standard InChI is InChI=1S/C14H19N3O2.ClH/c1-15-9-11-5-2-3-6-12(11)16-13(18)10-17-8-4-7-14(17)19;/h2-3,5-6,15H,4,7-10H2,1H3,(H,16,18);1H. The van der Waals surface area contributed by atoms with Crippen molar-refractivity contribution in [2.45, 2.75) is 19.4 Å². The molecule has 0 unspecified atom stereocenters. The van der Waals surface area contributed by atoms with E-state index in [4.69, 9.17) is 0 Å². The van der Waals surface area contributed by atoms with Gasteiger partial charge in [-0.1, -0.05) is 18.2 Å². The Bertz CT molecular complexity index is 479. The number of halogens is 1. The Balaban J connectivity index is 0.00000200. The molecule has 2 N–H and O–H groups in total. The van der Waals surface area contributed by atoms with Crippen LogP contribution in [-0.4, -0.2) is 36.9 Å². The zero-order valence-electron chi connectivity index (χ0n) is 11.5. The second-order valence-corrected chi connectivity index (χ2v) is 4.65. The monoisotopic (exact) mass is 297 g/mol. The average Bonchev–Trinajstić information content (AvgIpc) is 2.78. The molecule has 1 fully saturated rings. The van der Waals surface area contributed by atoms with Crippen molar-refractivity contribution >= 4 is 29.9 Å². The van der Waals surface area contributed by atoms with Crippen LogP contribution in [-0.2, 0) is 16.1 Å². The van der Waals surface area contributed by atoms with Crippen molar-refractivity contribution in [2.24, 2.45) is 0 Å². The van der Waals surface area contributed by atoms with Crippen molar-refractivity contribution in [3.63, 3.8) is 0 Å². The van der Waals surface area contributed by atoms with Crippen LogP contribution in [0.5, 0.6) is 0 Å². The van der Waals surface area contributed by atoms with E-state index in [9.17, 15) is 9.59 Å². The minimum absolute atomic E-state index is 0. The number of amides is 2. The molecule has 1 aliphatic heterocycles. The Kier molecular flexibility index (Phi) is 6.48. The van der Waals surface area contributed by atoms with Crippen LogP contribution >= 0.6 is 12.4 Å². The second kappa shape index (κ2) is 7.87. The van der Waals surface area contributed by atoms with Gasteiger partial charge in [0, 0.05) is 25.2 Å². The highest BCUT2D eigenvalue weighted by Gasteiger charge is 2.22. The van der Waals surface area contributed by atoms with Gasteiger partial charge in [0.15, 0.2) is 0 Å². The van der Waals surface area contributed by atoms with Crippen LogP contribution in [0.1, 0.15) is 18.4 Å². The Morgan fingerprint density at radius 3 is 2.75 bits per heavy atom. The summed E-state index contributed by atoms with van der Waals surface area (Å²) in [6.07, 6.45) is 1.41. The molecule has 1 aromatic carbocycles. The lowest BCUT2D eigenvalue weighted by molar-refractivity contribution is -0.131. The third-order valence-electron chi connectivity index (χ3n) is 3.16. The third kappa shape index (κ3) is 4.21. The maximum Gasteiger partial charge on any atom is 0.244 e. The Morgan fingerprint density at radius 1 is 1.35 bits per heavy atom. The molecule has 0 saturated carbocycles. The van der Waals surface area contributed by atoms with Crippen LogP contribution in [0.25, 0.3) is 0 Å². The van der Waals surface area contributed by atoms with E-state index in [-0.39, 0.29) is 30.8 Å². The summed E-state index contributed by atoms with van der Waals surface area (Å²) in [5.74, 6) is -0.0718. The van der Waals surface area contributed by atoms with Crippen LogP contribution < -0.4 is 10.6 Å². The maximum atomic E-state index is 11.9. The Labute approximate surface area is 125 Å². The van der Waals surface area contributed by atoms with Crippen molar-refractivity contribution in [3.05, 3.63) is 29.8 Å². The molecule has 0 aromatic heterocycles. The lowest BCUT2D eigenvalue weighted by Crippen LogP contribution is -2.34. The van der Waals surface area contributed by atoms with Gasteiger partial charge in [0.25, 0.3) is 0 Å². The first kappa shape index (κ1) is 16.5. The summed E-state index contributed by atoms with van der Waals surface area (Å²) in [6.45, 7) is 1.52. The molecule has 0 aliphatic carbocycles. The van der Waals surface area contributed by atoms with E-state index in [0.717, 1.165) is 17.7 Å². The van der Waals surface area contributed by atoms with Gasteiger partial charge in [0.1, 0.15) is 0 Å². The van der Waals surface area contributed by atoms with Crippen molar-refractivity contribution in [1.29, 1.82) is 0 Å². The first-order chi connectivity index (χ1) is 9.20. The number of hydrogen-bond acceptors (Lipinski definition) is 3. The molecule has 6 heteroatoms. The molecule has 5 nitrogen and oxygen atoms in total. The molecule has 0 radical (unpaired) electrons. The predicted octanol–water partition coefficient (Wildman–Crippen LogP) is 1.39. The first-order valence-electron chi connectivity index (χ1n) is 6.51. The fourth-order valence-corrected chi connectivity index (χ4v) is 2.22. The quantitative estimate of drug-likeness (QED) is 0.863. The Morgan fingerprint density at radius 2 is 2.10 bits per heavy atom. The van der Waals surface area contributed by atoms with E-state index < -0.39 is 0 Å². The Hall–Kier alpha value is -1.59. The third-order valence-corrected chi connectivity index (χ3v) is 3.16. The SMILES string of the molecule is CNCc1ccccc1NC(=O)CN1CCCC1=O.Cl. The molecule has 2 rings (SSSR count). The van der Waals surface area contributed by atoms with Gasteiger partial charge < -0.3 is 15.5 Å². The van der Waals surface area contributed by atoms with Crippen molar-refractivity contribution < 1.29 is 9.59 Å². The van der Waals surface area contributed by atoms with Gasteiger partial charge in [-0.25, -0.2) is 0 Å². The predicted molar refractivity (Wildman–Crippen MR) is 80.9 cm³/mol. The van der Waals surface area contributed by atoms with E-state index in [2.05, 4.69) is 10.6 Å². The van der Waals surface area contributed by atoms with Crippen molar-refractivity contribution in [1.82, 2.24) is 10.2 Å². The van der Waals surface area contributed by atoms with Crippen LogP contribution in [0.15, 0.2) is 24.3 Å². The normalized spacial score (nSPS) is 14.1. The van der Waals surface area contributed by atoms with Crippen LogP contribution in [0, 0.1) is 0 Å². The number of benzene rings is 1. The molecule has 0 spiro atoms. The van der Waals surface area contributed by atoms with E-state index in [1.165, 1.54) is 0 Å². The average molecular weight is 298 g/mol. The molecular weight excluding hydrogens is 278 g/mol. The summed E-state index contributed by atoms with van der Waals surface area (Å²) in [7, 11) is 1.86. The van der Waals surface area contributed by atoms with Gasteiger partial charge in [-0.15, -0.1) is 12.4 Å². The fourth-order valence-electron chi connectivity index (χ4n) is 2.22. The molecule has 0 atom stereocenters. The second-order valence-electron chi connectivity index (χ2n) is 4.65. The molecule has 1 aliphatic rings. The largest absolute Gasteiger partial charge is 0.333 e. The summed E-state index contributed by atoms with van der Waals surface area (Å²) >= 11 is 0. The lowest BCUT2D eigenvalue weighted by Gasteiger charge is -2.16. The van der Waals surface area contributed by atoms with E-state index >= 15 is 0 Å². The molecule has 20 heavy (non-hydrogen) atoms. The number of nitrogens with zero attached hydrogens (tertiary/aromatic N) is 1. The molecule has 1 saturated heterocycles. The van der Waals surface area contributed by atoms with Crippen LogP contribution in [0.4, 0.5) is 5.69 Å². The number of para-hydroxylation sites is 1. The van der Waals surface area contributed by atoms with Gasteiger partial charge in [-0.05, 0) is 25.1 Å². The summed E-state index contributed by atoms with van der Waals surface area (Å²) in [5, 5.41) is 5.93. The summed E-state index contributed by atoms with van der Waals surface area (Å²) in [4.78, 5) is 25.0. The number of nitrogens with one attached hydrogen (secondary N) is 2. The van der Waals surface area contributed by atoms with Crippen molar-refractivity contribution in [2.75, 3.05) is 25.5 Å². The summed E-state index contributed by atoms with van der Waals surface area (Å²) in [6, 6.07) is 7.66. The number of anilines is 1. The summed E-state index contributed by atoms with van der Waals surface area (Å²) < 4.78 is 0. The molecule has 0 bridgehead atoms. The van der Waals surface area contributed by atoms with Gasteiger partial charge >= 0.3 is 0 Å². The zero-order chi connectivity index (χ0) is 13.7. The van der Waals surface area contributed by atoms with E-state index in [1.54, 1.807) is 4.90 Å². The first-order valence-corrected chi connectivity index (χ1v) is 6.51. The summed E-state index contributed by atoms with van der Waals surface area (Å²) in [5.41, 5.74) is 1.83. The van der Waals surface area contributed by atoms with E-state index in [0.29, 0.717) is 19.5 Å². The minimum Gasteiger partial charge on any atom is -0.333 e. The van der Waals surface area contributed by atoms with Crippen LogP contribution in [0.2, 0.25) is 0 Å². The topological polar surface area (TPSA) is 61.4 Å². The highest BCUT2D eigenvalue weighted by Crippen LogP contribution is 2.15. The van der Waals surface area contributed by atoms with Crippen molar-refractivity contribution in [3.8, 4) is 0 Å². The minimum atomic E-state index is -0.140. The van der Waals surface area contributed by atoms with Gasteiger partial charge in [-0.2, -0.15) is 0 Å². The van der Waals surface area contributed by atoms with E-state index in [1.807, 2.05) is 31.3 Å². The number of hydrogen-bond donors (Lipinski definition) is 2. The highest BCUT2D eigenvalue weighted by atomic mass is 35.5. The molecule has 1 heterocycles. The molecular formula is C14H20ClN3O2. The van der Waals surface area contributed by atoms with Gasteiger partial charge in [0.05, 0.1) is 6.54 Å². The molecule has 1 aromatic rings. The van der Waals surface area contributed by atoms with Gasteiger partial charge in [-0.3, -0.25) is 9.59 Å². The number of carbonyl (C=O) groups excluding carboxylic acids is 2. The number of rotatable bonds is 5. The number of likely N-dealkylation sites (tertiary alicyclic amines) is 1. The fraction of sp³-hybridized carbons (Fsp3) is 0.429. The highest BCUT2D eigenvalue weighted by molar-refractivity contribution is 5.95. The smallest absolute Gasteiger partial charge is 0.244 e. The lowest BCUT2D eigenvalue weighted by atomic mass is 10.1. The van der Waals surface area contributed by atoms with Crippen LogP contribution in [0.3, 0.4) is 0 Å². The molecule has 110 valence electrons. The number of carbonyl (C=O) groups is 2. The zero-order valence-corrected chi connectivity index (χ0v) is 12.3. The van der Waals surface area contributed by atoms with Gasteiger partial charge in [0.2, 0.25) is 11.8 Å². The molecule has 2 amide bonds. The maximum absolute atomic E-state index is 11.9.